The van der Waals surface area contributed by atoms with E-state index in [2.05, 4.69) is 32.6 Å². The van der Waals surface area contributed by atoms with Gasteiger partial charge >= 0.3 is 0 Å². The van der Waals surface area contributed by atoms with Crippen molar-refractivity contribution in [2.24, 2.45) is 0 Å². The molecule has 0 fully saturated rings. The summed E-state index contributed by atoms with van der Waals surface area (Å²) in [6, 6.07) is 12.9. The van der Waals surface area contributed by atoms with E-state index in [0.29, 0.717) is 26.9 Å². The lowest BCUT2D eigenvalue weighted by atomic mass is 9.87. The second-order valence-electron chi connectivity index (χ2n) is 6.17. The number of nitrogens with one attached hydrogen (secondary N) is 2. The van der Waals surface area contributed by atoms with Gasteiger partial charge in [0.25, 0.3) is 0 Å². The summed E-state index contributed by atoms with van der Waals surface area (Å²) in [6.45, 7) is 0. The summed E-state index contributed by atoms with van der Waals surface area (Å²) in [5.41, 5.74) is 1.48. The number of carbonyl (C=O) groups is 2. The maximum absolute atomic E-state index is 13.2. The van der Waals surface area contributed by atoms with Gasteiger partial charge in [0.1, 0.15) is 5.82 Å². The largest absolute Gasteiger partial charge is 0.324 e. The van der Waals surface area contributed by atoms with Crippen molar-refractivity contribution >= 4 is 56.8 Å². The number of nitriles is 1. The Hall–Kier alpha value is -2.34. The second-order valence-corrected chi connectivity index (χ2v) is 8.48. The van der Waals surface area contributed by atoms with E-state index >= 15 is 0 Å². The molecule has 0 unspecified atom stereocenters. The van der Waals surface area contributed by atoms with Crippen LogP contribution in [0, 0.1) is 17.1 Å². The first kappa shape index (κ1) is 21.4. The number of thioether (sulfide) groups is 1. The number of hydrogen-bond acceptors (Lipinski definition) is 4. The van der Waals surface area contributed by atoms with Crippen molar-refractivity contribution in [2.45, 2.75) is 12.3 Å². The Morgan fingerprint density at radius 1 is 1.34 bits per heavy atom. The van der Waals surface area contributed by atoms with Crippen LogP contribution in [0.3, 0.4) is 0 Å². The lowest BCUT2D eigenvalue weighted by molar-refractivity contribution is -0.121. The van der Waals surface area contributed by atoms with E-state index in [4.69, 9.17) is 11.6 Å². The van der Waals surface area contributed by atoms with Gasteiger partial charge in [-0.3, -0.25) is 9.59 Å². The van der Waals surface area contributed by atoms with Crippen molar-refractivity contribution in [3.05, 3.63) is 73.9 Å². The van der Waals surface area contributed by atoms with Crippen molar-refractivity contribution in [2.75, 3.05) is 11.1 Å². The van der Waals surface area contributed by atoms with Gasteiger partial charge in [-0.2, -0.15) is 5.26 Å². The number of halogens is 3. The molecule has 1 heterocycles. The van der Waals surface area contributed by atoms with Crippen molar-refractivity contribution in [3.8, 4) is 6.07 Å². The summed E-state index contributed by atoms with van der Waals surface area (Å²) >= 11 is 10.5. The predicted molar refractivity (Wildman–Crippen MR) is 115 cm³/mol. The molecule has 29 heavy (non-hydrogen) atoms. The van der Waals surface area contributed by atoms with Crippen LogP contribution in [0.5, 0.6) is 0 Å². The summed E-state index contributed by atoms with van der Waals surface area (Å²) in [5, 5.41) is 15.7. The Morgan fingerprint density at radius 3 is 2.72 bits per heavy atom. The topological polar surface area (TPSA) is 82.0 Å². The molecule has 0 aromatic heterocycles. The lowest BCUT2D eigenvalue weighted by Crippen LogP contribution is -2.31. The Balaban J connectivity index is 1.75. The fourth-order valence-electron chi connectivity index (χ4n) is 2.83. The van der Waals surface area contributed by atoms with Crippen LogP contribution in [-0.4, -0.2) is 17.6 Å². The monoisotopic (exact) mass is 493 g/mol. The Bertz CT molecular complexity index is 1040. The molecular formula is C20H14BrClFN3O2S. The molecule has 3 rings (SSSR count). The number of anilines is 1. The number of carbonyl (C=O) groups excluding carboxylic acids is 2. The highest BCUT2D eigenvalue weighted by molar-refractivity contribution is 9.10. The van der Waals surface area contributed by atoms with Gasteiger partial charge in [-0.25, -0.2) is 4.39 Å². The number of rotatable bonds is 5. The molecule has 0 saturated heterocycles. The Labute approximate surface area is 184 Å². The zero-order chi connectivity index (χ0) is 21.0. The zero-order valence-corrected chi connectivity index (χ0v) is 18.0. The Morgan fingerprint density at radius 2 is 2.07 bits per heavy atom. The molecule has 2 aromatic rings. The SMILES string of the molecule is N#CC1=C(SCC(=O)Nc2ccc(Br)cc2Cl)NC(=O)C[C@H]1c1ccc(F)cc1. The van der Waals surface area contributed by atoms with Gasteiger partial charge < -0.3 is 10.6 Å². The third-order valence-corrected chi connectivity index (χ3v) is 6.00. The first-order valence-corrected chi connectivity index (χ1v) is 10.6. The number of nitrogens with zero attached hydrogens (tertiary/aromatic N) is 1. The number of hydrogen-bond donors (Lipinski definition) is 2. The average Bonchev–Trinajstić information content (AvgIpc) is 2.68. The summed E-state index contributed by atoms with van der Waals surface area (Å²) in [7, 11) is 0. The van der Waals surface area contributed by atoms with Gasteiger partial charge in [-0.1, -0.05) is 51.4 Å². The number of allylic oxidation sites excluding steroid dienone is 1. The standard InChI is InChI=1S/C20H14BrClFN3O2S/c21-12-3-6-17(16(22)7-12)25-19(28)10-29-20-15(9-24)14(8-18(27)26-20)11-1-4-13(23)5-2-11/h1-7,14H,8,10H2,(H,25,28)(H,26,27)/t14-/m0/s1. The first-order valence-electron chi connectivity index (χ1n) is 8.44. The highest BCUT2D eigenvalue weighted by Crippen LogP contribution is 2.36. The van der Waals surface area contributed by atoms with Crippen molar-refractivity contribution in [1.82, 2.24) is 5.32 Å². The molecule has 1 atom stereocenters. The molecule has 0 bridgehead atoms. The Kier molecular flexibility index (Phi) is 6.96. The highest BCUT2D eigenvalue weighted by atomic mass is 79.9. The van der Waals surface area contributed by atoms with Crippen LogP contribution in [0.25, 0.3) is 0 Å². The van der Waals surface area contributed by atoms with Gasteiger partial charge in [0.2, 0.25) is 11.8 Å². The minimum atomic E-state index is -0.485. The minimum Gasteiger partial charge on any atom is -0.324 e. The van der Waals surface area contributed by atoms with E-state index in [9.17, 15) is 19.2 Å². The first-order chi connectivity index (χ1) is 13.9. The smallest absolute Gasteiger partial charge is 0.234 e. The highest BCUT2D eigenvalue weighted by Gasteiger charge is 2.29. The average molecular weight is 495 g/mol. The van der Waals surface area contributed by atoms with Gasteiger partial charge in [-0.05, 0) is 35.9 Å². The minimum absolute atomic E-state index is 0.0245. The maximum Gasteiger partial charge on any atom is 0.234 e. The van der Waals surface area contributed by atoms with Gasteiger partial charge in [0, 0.05) is 16.8 Å². The number of amides is 2. The summed E-state index contributed by atoms with van der Waals surface area (Å²) in [5.74, 6) is -1.50. The van der Waals surface area contributed by atoms with Crippen molar-refractivity contribution < 1.29 is 14.0 Å². The third kappa shape index (κ3) is 5.38. The molecule has 2 N–H and O–H groups in total. The zero-order valence-electron chi connectivity index (χ0n) is 14.8. The van der Waals surface area contributed by atoms with Crippen molar-refractivity contribution in [3.63, 3.8) is 0 Å². The summed E-state index contributed by atoms with van der Waals surface area (Å²) < 4.78 is 14.0. The van der Waals surface area contributed by atoms with Gasteiger partial charge in [0.05, 0.1) is 33.1 Å². The quantitative estimate of drug-likeness (QED) is 0.616. The van der Waals surface area contributed by atoms with E-state index in [1.54, 1.807) is 30.3 Å². The van der Waals surface area contributed by atoms with Crippen LogP contribution in [-0.2, 0) is 9.59 Å². The lowest BCUT2D eigenvalue weighted by Gasteiger charge is -2.25. The number of benzene rings is 2. The van der Waals surface area contributed by atoms with Crippen LogP contribution in [0.15, 0.2) is 57.5 Å². The van der Waals surface area contributed by atoms with E-state index in [1.807, 2.05) is 0 Å². The van der Waals surface area contributed by atoms with E-state index in [-0.39, 0.29) is 24.0 Å². The molecule has 0 aliphatic carbocycles. The van der Waals surface area contributed by atoms with E-state index in [1.165, 1.54) is 12.1 Å². The second kappa shape index (κ2) is 9.44. The molecule has 9 heteroatoms. The normalized spacial score (nSPS) is 16.2. The van der Waals surface area contributed by atoms with Crippen LogP contribution in [0.1, 0.15) is 17.9 Å². The molecule has 1 aliphatic heterocycles. The maximum atomic E-state index is 13.2. The molecule has 5 nitrogen and oxygen atoms in total. The summed E-state index contributed by atoms with van der Waals surface area (Å²) in [6.07, 6.45) is 0.0826. The molecule has 1 aliphatic rings. The fourth-order valence-corrected chi connectivity index (χ4v) is 4.43. The van der Waals surface area contributed by atoms with Gasteiger partial charge in [0.15, 0.2) is 0 Å². The van der Waals surface area contributed by atoms with Crippen LogP contribution < -0.4 is 10.6 Å². The summed E-state index contributed by atoms with van der Waals surface area (Å²) in [4.78, 5) is 24.4. The van der Waals surface area contributed by atoms with Crippen molar-refractivity contribution in [1.29, 1.82) is 5.26 Å². The molecular weight excluding hydrogens is 481 g/mol. The van der Waals surface area contributed by atoms with Crippen LogP contribution in [0.2, 0.25) is 5.02 Å². The molecule has 2 amide bonds. The molecule has 0 saturated carbocycles. The third-order valence-electron chi connectivity index (χ3n) is 4.18. The van der Waals surface area contributed by atoms with E-state index in [0.717, 1.165) is 16.2 Å². The predicted octanol–water partition coefficient (Wildman–Crippen LogP) is 4.95. The molecule has 2 aromatic carbocycles. The van der Waals surface area contributed by atoms with E-state index < -0.39 is 11.7 Å². The molecule has 148 valence electrons. The van der Waals surface area contributed by atoms with Gasteiger partial charge in [-0.15, -0.1) is 0 Å². The van der Waals surface area contributed by atoms with Crippen LogP contribution >= 0.6 is 39.3 Å². The molecule has 0 radical (unpaired) electrons. The molecule has 0 spiro atoms. The fraction of sp³-hybridized carbons (Fsp3) is 0.150. The van der Waals surface area contributed by atoms with Crippen LogP contribution in [0.4, 0.5) is 10.1 Å².